The molecule has 2 fully saturated rings. The molecule has 0 unspecified atom stereocenters. The van der Waals surface area contributed by atoms with Crippen LogP contribution in [0, 0.1) is 0 Å². The van der Waals surface area contributed by atoms with Crippen LogP contribution in [0.25, 0.3) is 10.1 Å². The Labute approximate surface area is 146 Å². The molecule has 2 saturated heterocycles. The number of piperazine rings is 1. The number of anilines is 1. The van der Waals surface area contributed by atoms with Gasteiger partial charge < -0.3 is 14.7 Å². The number of likely N-dealkylation sites (N-methyl/N-ethyl adjacent to an activating group) is 1. The maximum Gasteiger partial charge on any atom is 0.264 e. The molecule has 0 aliphatic carbocycles. The first kappa shape index (κ1) is 15.8. The predicted octanol–water partition coefficient (Wildman–Crippen LogP) is 2.67. The van der Waals surface area contributed by atoms with Crippen LogP contribution in [0.4, 0.5) is 5.82 Å². The first-order valence-electron chi connectivity index (χ1n) is 8.91. The molecule has 2 aromatic rings. The highest BCUT2D eigenvalue weighted by molar-refractivity contribution is 7.20. The van der Waals surface area contributed by atoms with E-state index in [2.05, 4.69) is 27.8 Å². The number of hydrogen-bond acceptors (Lipinski definition) is 5. The summed E-state index contributed by atoms with van der Waals surface area (Å²) in [6.07, 6.45) is 4.34. The topological polar surface area (TPSA) is 39.7 Å². The van der Waals surface area contributed by atoms with Crippen molar-refractivity contribution in [3.8, 4) is 0 Å². The van der Waals surface area contributed by atoms with Gasteiger partial charge in [0.2, 0.25) is 0 Å². The Morgan fingerprint density at radius 2 is 1.92 bits per heavy atom. The number of carbonyl (C=O) groups is 1. The zero-order valence-electron chi connectivity index (χ0n) is 14.2. The normalized spacial score (nSPS) is 19.4. The lowest BCUT2D eigenvalue weighted by Crippen LogP contribution is -2.48. The number of pyridine rings is 1. The van der Waals surface area contributed by atoms with Crippen molar-refractivity contribution in [2.24, 2.45) is 0 Å². The average molecular weight is 344 g/mol. The van der Waals surface area contributed by atoms with Crippen molar-refractivity contribution < 1.29 is 4.79 Å². The van der Waals surface area contributed by atoms with Gasteiger partial charge in [0, 0.05) is 55.6 Å². The molecule has 4 rings (SSSR count). The molecule has 0 bridgehead atoms. The number of rotatable bonds is 3. The van der Waals surface area contributed by atoms with E-state index in [1.807, 2.05) is 17.2 Å². The number of fused-ring (bicyclic) bond motifs is 1. The molecule has 0 saturated carbocycles. The molecule has 2 aromatic heterocycles. The van der Waals surface area contributed by atoms with Crippen LogP contribution in [0.15, 0.2) is 18.3 Å². The fourth-order valence-electron chi connectivity index (χ4n) is 3.66. The largest absolute Gasteiger partial charge is 0.356 e. The summed E-state index contributed by atoms with van der Waals surface area (Å²) < 4.78 is 1.17. The van der Waals surface area contributed by atoms with Gasteiger partial charge in [-0.3, -0.25) is 4.79 Å². The van der Waals surface area contributed by atoms with E-state index < -0.39 is 0 Å². The van der Waals surface area contributed by atoms with Crippen LogP contribution in [0.5, 0.6) is 0 Å². The second-order valence-electron chi connectivity index (χ2n) is 6.58. The van der Waals surface area contributed by atoms with Crippen molar-refractivity contribution in [1.29, 1.82) is 0 Å². The van der Waals surface area contributed by atoms with Crippen molar-refractivity contribution in [2.75, 3.05) is 50.7 Å². The maximum absolute atomic E-state index is 12.9. The van der Waals surface area contributed by atoms with Gasteiger partial charge >= 0.3 is 0 Å². The Morgan fingerprint density at radius 3 is 2.62 bits per heavy atom. The van der Waals surface area contributed by atoms with Gasteiger partial charge in [0.25, 0.3) is 5.91 Å². The minimum Gasteiger partial charge on any atom is -0.356 e. The highest BCUT2D eigenvalue weighted by Gasteiger charge is 2.24. The van der Waals surface area contributed by atoms with Gasteiger partial charge in [0.05, 0.1) is 4.88 Å². The highest BCUT2D eigenvalue weighted by atomic mass is 32.1. The van der Waals surface area contributed by atoms with Crippen molar-refractivity contribution in [3.05, 3.63) is 23.2 Å². The molecule has 2 aliphatic rings. The number of carbonyl (C=O) groups excluding carboxylic acids is 1. The molecule has 2 aliphatic heterocycles. The second-order valence-corrected chi connectivity index (χ2v) is 7.66. The minimum atomic E-state index is 0.180. The third-order valence-electron chi connectivity index (χ3n) is 5.15. The first-order valence-corrected chi connectivity index (χ1v) is 9.73. The molecular formula is C18H24N4OS. The summed E-state index contributed by atoms with van der Waals surface area (Å²) in [5.74, 6) is 1.23. The molecule has 5 nitrogen and oxygen atoms in total. The number of aromatic nitrogens is 1. The number of thiophene rings is 1. The Bertz CT molecular complexity index is 730. The summed E-state index contributed by atoms with van der Waals surface area (Å²) in [6, 6.07) is 4.10. The molecule has 128 valence electrons. The van der Waals surface area contributed by atoms with Crippen LogP contribution >= 0.6 is 11.3 Å². The smallest absolute Gasteiger partial charge is 0.264 e. The van der Waals surface area contributed by atoms with E-state index in [1.54, 1.807) is 11.3 Å². The zero-order valence-corrected chi connectivity index (χ0v) is 15.0. The number of hydrogen-bond donors (Lipinski definition) is 0. The summed E-state index contributed by atoms with van der Waals surface area (Å²) in [7, 11) is 0. The summed E-state index contributed by atoms with van der Waals surface area (Å²) in [6.45, 7) is 9.01. The quantitative estimate of drug-likeness (QED) is 0.858. The van der Waals surface area contributed by atoms with E-state index in [0.717, 1.165) is 61.9 Å². The van der Waals surface area contributed by atoms with Gasteiger partial charge in [-0.2, -0.15) is 0 Å². The minimum absolute atomic E-state index is 0.180. The maximum atomic E-state index is 12.9. The van der Waals surface area contributed by atoms with E-state index in [-0.39, 0.29) is 5.91 Å². The predicted molar refractivity (Wildman–Crippen MR) is 99.1 cm³/mol. The lowest BCUT2D eigenvalue weighted by Gasteiger charge is -2.33. The summed E-state index contributed by atoms with van der Waals surface area (Å²) in [5, 5.41) is 1.14. The first-order chi connectivity index (χ1) is 11.8. The standard InChI is InChI=1S/C18H24N4OS/c1-2-20-9-11-22(12-10-20)18(23)16-13-14-15(24-16)5-6-19-17(14)21-7-3-4-8-21/h5-6,13H,2-4,7-12H2,1H3. The second kappa shape index (κ2) is 6.69. The molecule has 4 heterocycles. The zero-order chi connectivity index (χ0) is 16.5. The van der Waals surface area contributed by atoms with Gasteiger partial charge in [-0.15, -0.1) is 11.3 Å². The summed E-state index contributed by atoms with van der Waals surface area (Å²) in [4.78, 5) is 25.1. The Kier molecular flexibility index (Phi) is 4.41. The van der Waals surface area contributed by atoms with Gasteiger partial charge in [-0.1, -0.05) is 6.92 Å². The van der Waals surface area contributed by atoms with Crippen molar-refractivity contribution >= 4 is 33.1 Å². The van der Waals surface area contributed by atoms with Crippen LogP contribution in [-0.2, 0) is 0 Å². The van der Waals surface area contributed by atoms with E-state index in [1.165, 1.54) is 17.5 Å². The molecule has 24 heavy (non-hydrogen) atoms. The van der Waals surface area contributed by atoms with Crippen molar-refractivity contribution in [2.45, 2.75) is 19.8 Å². The van der Waals surface area contributed by atoms with Crippen LogP contribution in [0.3, 0.4) is 0 Å². The monoisotopic (exact) mass is 344 g/mol. The van der Waals surface area contributed by atoms with E-state index in [9.17, 15) is 4.79 Å². The Hall–Kier alpha value is -1.66. The third-order valence-corrected chi connectivity index (χ3v) is 6.24. The molecular weight excluding hydrogens is 320 g/mol. The molecule has 0 radical (unpaired) electrons. The number of nitrogens with zero attached hydrogens (tertiary/aromatic N) is 4. The van der Waals surface area contributed by atoms with E-state index >= 15 is 0 Å². The molecule has 1 amide bonds. The van der Waals surface area contributed by atoms with Gasteiger partial charge in [0.15, 0.2) is 0 Å². The lowest BCUT2D eigenvalue weighted by molar-refractivity contribution is 0.0648. The van der Waals surface area contributed by atoms with Gasteiger partial charge in [0.1, 0.15) is 5.82 Å². The van der Waals surface area contributed by atoms with Gasteiger partial charge in [-0.05, 0) is 31.5 Å². The van der Waals surface area contributed by atoms with Gasteiger partial charge in [-0.25, -0.2) is 4.98 Å². The molecule has 0 N–H and O–H groups in total. The fourth-order valence-corrected chi connectivity index (χ4v) is 4.68. The molecule has 0 aromatic carbocycles. The van der Waals surface area contributed by atoms with Crippen molar-refractivity contribution in [3.63, 3.8) is 0 Å². The summed E-state index contributed by atoms with van der Waals surface area (Å²) in [5.41, 5.74) is 0. The van der Waals surface area contributed by atoms with Crippen LogP contribution < -0.4 is 4.90 Å². The number of amides is 1. The van der Waals surface area contributed by atoms with Crippen molar-refractivity contribution in [1.82, 2.24) is 14.8 Å². The van der Waals surface area contributed by atoms with Crippen LogP contribution in [0.1, 0.15) is 29.4 Å². The Morgan fingerprint density at radius 1 is 1.17 bits per heavy atom. The molecule has 6 heteroatoms. The van der Waals surface area contributed by atoms with E-state index in [4.69, 9.17) is 0 Å². The SMILES string of the molecule is CCN1CCN(C(=O)c2cc3c(N4CCCC4)nccc3s2)CC1. The van der Waals surface area contributed by atoms with Crippen LogP contribution in [-0.4, -0.2) is 66.5 Å². The molecule has 0 atom stereocenters. The fraction of sp³-hybridized carbons (Fsp3) is 0.556. The lowest BCUT2D eigenvalue weighted by atomic mass is 10.2. The van der Waals surface area contributed by atoms with Crippen LogP contribution in [0.2, 0.25) is 0 Å². The van der Waals surface area contributed by atoms with E-state index in [0.29, 0.717) is 0 Å². The highest BCUT2D eigenvalue weighted by Crippen LogP contribution is 2.33. The average Bonchev–Trinajstić information content (AvgIpc) is 3.30. The molecule has 0 spiro atoms. The summed E-state index contributed by atoms with van der Waals surface area (Å²) >= 11 is 1.61. The Balaban J connectivity index is 1.58. The third kappa shape index (κ3) is 2.89.